The number of nitrogens with one attached hydrogen (secondary N) is 1. The van der Waals surface area contributed by atoms with E-state index < -0.39 is 0 Å². The van der Waals surface area contributed by atoms with Crippen LogP contribution in [0.25, 0.3) is 0 Å². The van der Waals surface area contributed by atoms with E-state index in [1.165, 1.54) is 18.7 Å². The maximum atomic E-state index is 10.0. The smallest absolute Gasteiger partial charge is 0.120 e. The topological polar surface area (TPSA) is 38.7 Å². The van der Waals surface area contributed by atoms with Crippen molar-refractivity contribution < 1.29 is 5.11 Å². The predicted octanol–water partition coefficient (Wildman–Crippen LogP) is 1.35. The fourth-order valence-electron chi connectivity index (χ4n) is 3.29. The van der Waals surface area contributed by atoms with Gasteiger partial charge in [0.15, 0.2) is 0 Å². The van der Waals surface area contributed by atoms with Crippen molar-refractivity contribution in [2.45, 2.75) is 25.9 Å². The number of hydrogen-bond acceptors (Lipinski definition) is 4. The van der Waals surface area contributed by atoms with Gasteiger partial charge in [0.2, 0.25) is 0 Å². The number of nitrogens with zero attached hydrogens (tertiary/aromatic N) is 2. The molecule has 0 aromatic heterocycles. The van der Waals surface area contributed by atoms with E-state index >= 15 is 0 Å². The molecule has 1 aromatic rings. The number of phenolic OH excluding ortho intramolecular Hbond substituents is 1. The Morgan fingerprint density at radius 2 is 1.95 bits per heavy atom. The minimum atomic E-state index is 0.300. The van der Waals surface area contributed by atoms with E-state index in [1.807, 2.05) is 12.1 Å². The van der Waals surface area contributed by atoms with E-state index in [4.69, 9.17) is 0 Å². The van der Waals surface area contributed by atoms with E-state index in [2.05, 4.69) is 35.0 Å². The second-order valence-electron chi connectivity index (χ2n) is 6.13. The Balaban J connectivity index is 1.60. The van der Waals surface area contributed by atoms with Gasteiger partial charge in [-0.05, 0) is 19.9 Å². The van der Waals surface area contributed by atoms with Crippen LogP contribution in [0.1, 0.15) is 24.1 Å². The summed E-state index contributed by atoms with van der Waals surface area (Å²) in [6, 6.07) is 6.89. The van der Waals surface area contributed by atoms with E-state index in [0.29, 0.717) is 17.8 Å². The maximum Gasteiger partial charge on any atom is 0.120 e. The third-order valence-corrected chi connectivity index (χ3v) is 4.74. The van der Waals surface area contributed by atoms with E-state index in [9.17, 15) is 5.11 Å². The average Bonchev–Trinajstić information content (AvgIpc) is 2.41. The Morgan fingerprint density at radius 3 is 2.65 bits per heavy atom. The number of aromatic hydroxyl groups is 1. The molecule has 4 heteroatoms. The molecule has 0 radical (unpaired) electrons. The molecule has 0 amide bonds. The average molecular weight is 275 g/mol. The Kier molecular flexibility index (Phi) is 3.96. The lowest BCUT2D eigenvalue weighted by Gasteiger charge is -2.49. The van der Waals surface area contributed by atoms with E-state index in [1.54, 1.807) is 0 Å². The van der Waals surface area contributed by atoms with Crippen LogP contribution in [0.4, 0.5) is 0 Å². The summed E-state index contributed by atoms with van der Waals surface area (Å²) in [4.78, 5) is 5.05. The SMILES string of the molecule is Cc1ccc(O)c(C(C)N2CC(N3CCNCC3)C2)c1. The highest BCUT2D eigenvalue weighted by Gasteiger charge is 2.35. The van der Waals surface area contributed by atoms with Crippen molar-refractivity contribution in [1.29, 1.82) is 0 Å². The van der Waals surface area contributed by atoms with E-state index in [-0.39, 0.29) is 0 Å². The molecule has 110 valence electrons. The van der Waals surface area contributed by atoms with Gasteiger partial charge in [-0.1, -0.05) is 17.7 Å². The van der Waals surface area contributed by atoms with Crippen LogP contribution in [-0.4, -0.2) is 60.2 Å². The molecule has 1 atom stereocenters. The maximum absolute atomic E-state index is 10.0. The molecule has 2 aliphatic heterocycles. The summed E-state index contributed by atoms with van der Waals surface area (Å²) in [6.45, 7) is 11.1. The third kappa shape index (κ3) is 2.68. The summed E-state index contributed by atoms with van der Waals surface area (Å²) in [5, 5.41) is 13.4. The summed E-state index contributed by atoms with van der Waals surface area (Å²) in [6.07, 6.45) is 0. The molecular formula is C16H25N3O. The molecule has 3 rings (SSSR count). The van der Waals surface area contributed by atoms with Crippen LogP contribution in [0.15, 0.2) is 18.2 Å². The number of rotatable bonds is 3. The van der Waals surface area contributed by atoms with Crippen LogP contribution in [0.2, 0.25) is 0 Å². The zero-order chi connectivity index (χ0) is 14.1. The lowest BCUT2D eigenvalue weighted by molar-refractivity contribution is 0.00296. The number of likely N-dealkylation sites (tertiary alicyclic amines) is 1. The quantitative estimate of drug-likeness (QED) is 0.873. The zero-order valence-electron chi connectivity index (χ0n) is 12.5. The molecule has 0 aliphatic carbocycles. The first-order valence-corrected chi connectivity index (χ1v) is 7.63. The van der Waals surface area contributed by atoms with E-state index in [0.717, 1.165) is 31.7 Å². The molecule has 0 bridgehead atoms. The first-order valence-electron chi connectivity index (χ1n) is 7.63. The van der Waals surface area contributed by atoms with Crippen molar-refractivity contribution in [3.63, 3.8) is 0 Å². The van der Waals surface area contributed by atoms with Crippen LogP contribution in [0.5, 0.6) is 5.75 Å². The van der Waals surface area contributed by atoms with Crippen molar-refractivity contribution in [1.82, 2.24) is 15.1 Å². The summed E-state index contributed by atoms with van der Waals surface area (Å²) in [5.41, 5.74) is 2.27. The van der Waals surface area contributed by atoms with Gasteiger partial charge in [-0.15, -0.1) is 0 Å². The number of hydrogen-bond donors (Lipinski definition) is 2. The van der Waals surface area contributed by atoms with Crippen molar-refractivity contribution in [2.75, 3.05) is 39.3 Å². The standard InChI is InChI=1S/C16H25N3O/c1-12-3-4-16(20)15(9-12)13(2)19-10-14(11-19)18-7-5-17-6-8-18/h3-4,9,13-14,17,20H,5-8,10-11H2,1-2H3. The fraction of sp³-hybridized carbons (Fsp3) is 0.625. The third-order valence-electron chi connectivity index (χ3n) is 4.74. The molecule has 1 aromatic carbocycles. The number of piperazine rings is 1. The Labute approximate surface area is 121 Å². The second-order valence-corrected chi connectivity index (χ2v) is 6.13. The molecule has 20 heavy (non-hydrogen) atoms. The highest BCUT2D eigenvalue weighted by atomic mass is 16.3. The fourth-order valence-corrected chi connectivity index (χ4v) is 3.29. The highest BCUT2D eigenvalue weighted by Crippen LogP contribution is 2.33. The summed E-state index contributed by atoms with van der Waals surface area (Å²) < 4.78 is 0. The monoisotopic (exact) mass is 275 g/mol. The van der Waals surface area contributed by atoms with Crippen LogP contribution in [0.3, 0.4) is 0 Å². The molecule has 2 saturated heterocycles. The molecule has 0 spiro atoms. The second kappa shape index (κ2) is 5.72. The number of benzene rings is 1. The lowest BCUT2D eigenvalue weighted by Crippen LogP contribution is -2.62. The zero-order valence-corrected chi connectivity index (χ0v) is 12.5. The summed E-state index contributed by atoms with van der Waals surface area (Å²) in [7, 11) is 0. The van der Waals surface area contributed by atoms with Gasteiger partial charge in [0.05, 0.1) is 0 Å². The summed E-state index contributed by atoms with van der Waals surface area (Å²) >= 11 is 0. The first-order chi connectivity index (χ1) is 9.65. The first kappa shape index (κ1) is 13.9. The number of aryl methyl sites for hydroxylation is 1. The minimum Gasteiger partial charge on any atom is -0.508 e. The van der Waals surface area contributed by atoms with Gasteiger partial charge in [-0.2, -0.15) is 0 Å². The van der Waals surface area contributed by atoms with Crippen LogP contribution in [0, 0.1) is 6.92 Å². The molecule has 2 N–H and O–H groups in total. The van der Waals surface area contributed by atoms with Crippen LogP contribution in [-0.2, 0) is 0 Å². The molecule has 0 saturated carbocycles. The van der Waals surface area contributed by atoms with Gasteiger partial charge in [0.1, 0.15) is 5.75 Å². The Hall–Kier alpha value is -1.10. The van der Waals surface area contributed by atoms with Crippen LogP contribution >= 0.6 is 0 Å². The Bertz CT molecular complexity index is 465. The van der Waals surface area contributed by atoms with Gasteiger partial charge in [-0.3, -0.25) is 9.80 Å². The lowest BCUT2D eigenvalue weighted by atomic mass is 9.97. The van der Waals surface area contributed by atoms with Crippen molar-refractivity contribution >= 4 is 0 Å². The Morgan fingerprint density at radius 1 is 1.25 bits per heavy atom. The molecule has 1 unspecified atom stereocenters. The number of phenols is 1. The van der Waals surface area contributed by atoms with Crippen molar-refractivity contribution in [2.24, 2.45) is 0 Å². The van der Waals surface area contributed by atoms with Crippen LogP contribution < -0.4 is 5.32 Å². The van der Waals surface area contributed by atoms with Gasteiger partial charge < -0.3 is 10.4 Å². The molecule has 2 fully saturated rings. The van der Waals surface area contributed by atoms with Gasteiger partial charge >= 0.3 is 0 Å². The van der Waals surface area contributed by atoms with Gasteiger partial charge in [-0.25, -0.2) is 0 Å². The van der Waals surface area contributed by atoms with Crippen molar-refractivity contribution in [3.05, 3.63) is 29.3 Å². The predicted molar refractivity (Wildman–Crippen MR) is 81.1 cm³/mol. The molecule has 2 aliphatic rings. The normalized spacial score (nSPS) is 23.5. The van der Waals surface area contributed by atoms with Gasteiger partial charge in [0, 0.05) is 56.9 Å². The largest absolute Gasteiger partial charge is 0.508 e. The summed E-state index contributed by atoms with van der Waals surface area (Å²) in [5.74, 6) is 0.425. The molecule has 2 heterocycles. The minimum absolute atomic E-state index is 0.300. The van der Waals surface area contributed by atoms with Crippen molar-refractivity contribution in [3.8, 4) is 5.75 Å². The van der Waals surface area contributed by atoms with Gasteiger partial charge in [0.25, 0.3) is 0 Å². The highest BCUT2D eigenvalue weighted by molar-refractivity contribution is 5.38. The molecule has 4 nitrogen and oxygen atoms in total. The molecular weight excluding hydrogens is 250 g/mol.